The van der Waals surface area contributed by atoms with E-state index in [9.17, 15) is 28.3 Å². The molecule has 2 heterocycles. The third-order valence-corrected chi connectivity index (χ3v) is 6.71. The van der Waals surface area contributed by atoms with Crippen LogP contribution in [-0.2, 0) is 16.0 Å². The van der Waals surface area contributed by atoms with Crippen molar-refractivity contribution in [1.29, 1.82) is 0 Å². The van der Waals surface area contributed by atoms with E-state index in [0.29, 0.717) is 26.0 Å². The zero-order valence-corrected chi connectivity index (χ0v) is 20.3. The van der Waals surface area contributed by atoms with E-state index in [-0.39, 0.29) is 13.0 Å². The summed E-state index contributed by atoms with van der Waals surface area (Å²) in [7, 11) is 0. The number of nitrogens with zero attached hydrogens (tertiary/aromatic N) is 2. The van der Waals surface area contributed by atoms with Crippen LogP contribution in [0.1, 0.15) is 32.4 Å². The van der Waals surface area contributed by atoms with Crippen molar-refractivity contribution in [3.8, 4) is 0 Å². The second-order valence-electron chi connectivity index (χ2n) is 8.44. The molecule has 0 bridgehead atoms. The number of benzene rings is 1. The highest BCUT2D eigenvalue weighted by atomic mass is 32.1. The number of carbonyl (C=O) groups is 3. The molecule has 3 atom stereocenters. The minimum atomic E-state index is -3.29. The fourth-order valence-corrected chi connectivity index (χ4v) is 4.82. The van der Waals surface area contributed by atoms with Crippen LogP contribution >= 0.6 is 11.3 Å². The molecule has 3 N–H and O–H groups in total. The van der Waals surface area contributed by atoms with Crippen molar-refractivity contribution in [2.45, 2.75) is 50.8 Å². The van der Waals surface area contributed by atoms with Crippen molar-refractivity contribution >= 4 is 29.1 Å². The van der Waals surface area contributed by atoms with Crippen molar-refractivity contribution in [3.05, 3.63) is 64.1 Å². The maximum Gasteiger partial charge on any atom is 0.267 e. The number of thiazole rings is 1. The van der Waals surface area contributed by atoms with E-state index in [0.717, 1.165) is 0 Å². The number of aliphatic hydroxyl groups is 1. The molecule has 11 heteroatoms. The number of hydrogen-bond donors (Lipinski definition) is 3. The Kier molecular flexibility index (Phi) is 8.34. The summed E-state index contributed by atoms with van der Waals surface area (Å²) < 4.78 is 28.5. The van der Waals surface area contributed by atoms with Crippen LogP contribution in [0.25, 0.3) is 0 Å². The number of halogens is 2. The first-order valence-electron chi connectivity index (χ1n) is 11.1. The molecule has 0 saturated carbocycles. The zero-order valence-electron chi connectivity index (χ0n) is 19.5. The molecule has 1 aromatic carbocycles. The summed E-state index contributed by atoms with van der Waals surface area (Å²) in [5, 5.41) is 16.8. The van der Waals surface area contributed by atoms with Crippen LogP contribution < -0.4 is 10.6 Å². The number of alkyl halides is 2. The molecule has 1 fully saturated rings. The van der Waals surface area contributed by atoms with E-state index in [1.807, 2.05) is 0 Å². The molecule has 8 nitrogen and oxygen atoms in total. The van der Waals surface area contributed by atoms with Crippen molar-refractivity contribution in [2.24, 2.45) is 0 Å². The van der Waals surface area contributed by atoms with Gasteiger partial charge < -0.3 is 20.6 Å². The van der Waals surface area contributed by atoms with E-state index >= 15 is 0 Å². The maximum absolute atomic E-state index is 14.2. The summed E-state index contributed by atoms with van der Waals surface area (Å²) >= 11 is 1.17. The van der Waals surface area contributed by atoms with E-state index < -0.39 is 54.8 Å². The minimum Gasteiger partial charge on any atom is -0.381 e. The summed E-state index contributed by atoms with van der Waals surface area (Å²) in [4.78, 5) is 43.9. The molecule has 2 aromatic rings. The maximum atomic E-state index is 14.2. The van der Waals surface area contributed by atoms with Gasteiger partial charge in [-0.3, -0.25) is 14.4 Å². The van der Waals surface area contributed by atoms with Gasteiger partial charge >= 0.3 is 0 Å². The molecule has 0 aliphatic carbocycles. The van der Waals surface area contributed by atoms with Crippen molar-refractivity contribution in [2.75, 3.05) is 13.1 Å². The Morgan fingerprint density at radius 2 is 2.00 bits per heavy atom. The van der Waals surface area contributed by atoms with Gasteiger partial charge in [-0.25, -0.2) is 13.8 Å². The Morgan fingerprint density at radius 3 is 2.60 bits per heavy atom. The summed E-state index contributed by atoms with van der Waals surface area (Å²) in [5.74, 6) is -5.64. The van der Waals surface area contributed by atoms with Gasteiger partial charge in [0.1, 0.15) is 10.9 Å². The molecule has 0 spiro atoms. The van der Waals surface area contributed by atoms with E-state index in [4.69, 9.17) is 0 Å². The Labute approximate surface area is 206 Å². The van der Waals surface area contributed by atoms with E-state index in [2.05, 4.69) is 22.2 Å². The lowest BCUT2D eigenvalue weighted by atomic mass is 9.99. The van der Waals surface area contributed by atoms with Crippen molar-refractivity contribution < 1.29 is 28.3 Å². The first kappa shape index (κ1) is 26.4. The number of rotatable bonds is 9. The molecular weight excluding hydrogens is 478 g/mol. The molecule has 0 radical (unpaired) electrons. The highest BCUT2D eigenvalue weighted by molar-refractivity contribution is 7.13. The van der Waals surface area contributed by atoms with Crippen LogP contribution in [0.4, 0.5) is 8.78 Å². The van der Waals surface area contributed by atoms with E-state index in [1.165, 1.54) is 17.4 Å². The number of likely N-dealkylation sites (tertiary alicyclic amines) is 1. The molecule has 1 aliphatic rings. The molecule has 1 saturated heterocycles. The predicted octanol–water partition coefficient (Wildman–Crippen LogP) is 2.00. The van der Waals surface area contributed by atoms with E-state index in [1.54, 1.807) is 44.2 Å². The Balaban J connectivity index is 1.85. The SMILES string of the molecule is C=CCNC(=O)C1CC(F)(F)CN1C(=O)C(O)C(Cc1ccccc1)NC(=O)c1sc(C)nc1C. The van der Waals surface area contributed by atoms with Crippen molar-refractivity contribution in [1.82, 2.24) is 20.5 Å². The molecule has 1 aromatic heterocycles. The number of amides is 3. The highest BCUT2D eigenvalue weighted by Gasteiger charge is 2.51. The average molecular weight is 507 g/mol. The van der Waals surface area contributed by atoms with Crippen molar-refractivity contribution in [3.63, 3.8) is 0 Å². The summed E-state index contributed by atoms with van der Waals surface area (Å²) in [6.45, 7) is 5.93. The highest BCUT2D eigenvalue weighted by Crippen LogP contribution is 2.33. The van der Waals surface area contributed by atoms with Crippen LogP contribution in [0.3, 0.4) is 0 Å². The third-order valence-electron chi connectivity index (χ3n) is 5.64. The molecule has 3 rings (SSSR count). The standard InChI is InChI=1S/C24H28F2N4O4S/c1-4-10-27-21(32)18-12-24(25,26)13-30(18)23(34)19(31)17(11-16-8-6-5-7-9-16)29-22(33)20-14(2)28-15(3)35-20/h4-9,17-19,31H,1,10-13H2,2-3H3,(H,27,32)(H,29,33). The summed E-state index contributed by atoms with van der Waals surface area (Å²) in [6, 6.07) is 6.25. The van der Waals surface area contributed by atoms with Gasteiger partial charge in [-0.1, -0.05) is 36.4 Å². The second kappa shape index (κ2) is 11.0. The number of carbonyl (C=O) groups excluding carboxylic acids is 3. The quantitative estimate of drug-likeness (QED) is 0.451. The van der Waals surface area contributed by atoms with Crippen LogP contribution in [-0.4, -0.2) is 69.9 Å². The van der Waals surface area contributed by atoms with Gasteiger partial charge in [-0.15, -0.1) is 17.9 Å². The van der Waals surface area contributed by atoms with Gasteiger partial charge in [0.2, 0.25) is 5.91 Å². The number of aryl methyl sites for hydroxylation is 2. The molecule has 1 aliphatic heterocycles. The smallest absolute Gasteiger partial charge is 0.267 e. The minimum absolute atomic E-state index is 0.0474. The average Bonchev–Trinajstić information content (AvgIpc) is 3.33. The number of nitrogens with one attached hydrogen (secondary N) is 2. The first-order chi connectivity index (χ1) is 16.5. The number of aliphatic hydroxyl groups excluding tert-OH is 1. The fourth-order valence-electron chi connectivity index (χ4n) is 4.00. The monoisotopic (exact) mass is 506 g/mol. The molecule has 3 amide bonds. The predicted molar refractivity (Wildman–Crippen MR) is 127 cm³/mol. The lowest BCUT2D eigenvalue weighted by Gasteiger charge is -2.30. The molecular formula is C24H28F2N4O4S. The van der Waals surface area contributed by atoms with Gasteiger partial charge in [0, 0.05) is 13.0 Å². The third kappa shape index (κ3) is 6.49. The van der Waals surface area contributed by atoms with Gasteiger partial charge in [0.15, 0.2) is 6.10 Å². The van der Waals surface area contributed by atoms with Crippen LogP contribution in [0.15, 0.2) is 43.0 Å². The molecule has 3 unspecified atom stereocenters. The zero-order chi connectivity index (χ0) is 25.8. The van der Waals surface area contributed by atoms with Crippen LogP contribution in [0.5, 0.6) is 0 Å². The lowest BCUT2D eigenvalue weighted by Crippen LogP contribution is -2.56. The topological polar surface area (TPSA) is 112 Å². The summed E-state index contributed by atoms with van der Waals surface area (Å²) in [5.41, 5.74) is 1.22. The number of hydrogen-bond acceptors (Lipinski definition) is 6. The molecule has 35 heavy (non-hydrogen) atoms. The van der Waals surface area contributed by atoms with Gasteiger partial charge in [0.05, 0.1) is 23.3 Å². The Hall–Kier alpha value is -3.18. The van der Waals surface area contributed by atoms with Gasteiger partial charge in [-0.05, 0) is 25.8 Å². The summed E-state index contributed by atoms with van der Waals surface area (Å²) in [6.07, 6.45) is -1.27. The fraction of sp³-hybridized carbons (Fsp3) is 0.417. The first-order valence-corrected chi connectivity index (χ1v) is 11.9. The molecule has 188 valence electrons. The van der Waals surface area contributed by atoms with Crippen LogP contribution in [0.2, 0.25) is 0 Å². The Morgan fingerprint density at radius 1 is 1.31 bits per heavy atom. The van der Waals surface area contributed by atoms with Crippen LogP contribution in [0, 0.1) is 13.8 Å². The van der Waals surface area contributed by atoms with Gasteiger partial charge in [0.25, 0.3) is 17.7 Å². The lowest BCUT2D eigenvalue weighted by molar-refractivity contribution is -0.147. The van der Waals surface area contributed by atoms with Gasteiger partial charge in [-0.2, -0.15) is 0 Å². The second-order valence-corrected chi connectivity index (χ2v) is 9.64. The largest absolute Gasteiger partial charge is 0.381 e. The number of aromatic nitrogens is 1. The normalized spacial score (nSPS) is 18.5. The Bertz CT molecular complexity index is 1090.